The SMILES string of the molecule is Cc1ccc(C(C)C)c(OCC(=O)NCC(F)(F)CN)c1.Cl. The van der Waals surface area contributed by atoms with Crippen LogP contribution in [-0.2, 0) is 4.79 Å². The van der Waals surface area contributed by atoms with Gasteiger partial charge in [-0.25, -0.2) is 8.78 Å². The Morgan fingerprint density at radius 2 is 2.05 bits per heavy atom. The van der Waals surface area contributed by atoms with Gasteiger partial charge in [0.2, 0.25) is 0 Å². The van der Waals surface area contributed by atoms with Gasteiger partial charge in [-0.15, -0.1) is 12.4 Å². The van der Waals surface area contributed by atoms with E-state index in [-0.39, 0.29) is 24.9 Å². The maximum Gasteiger partial charge on any atom is 0.277 e. The van der Waals surface area contributed by atoms with Gasteiger partial charge in [0.1, 0.15) is 5.75 Å². The highest BCUT2D eigenvalue weighted by Gasteiger charge is 2.27. The van der Waals surface area contributed by atoms with E-state index in [2.05, 4.69) is 5.32 Å². The summed E-state index contributed by atoms with van der Waals surface area (Å²) in [5.41, 5.74) is 6.87. The van der Waals surface area contributed by atoms with E-state index in [0.717, 1.165) is 11.1 Å². The van der Waals surface area contributed by atoms with E-state index < -0.39 is 24.9 Å². The third kappa shape index (κ3) is 6.58. The molecule has 0 aromatic heterocycles. The van der Waals surface area contributed by atoms with Crippen LogP contribution in [0.2, 0.25) is 0 Å². The number of halogens is 3. The Morgan fingerprint density at radius 1 is 1.41 bits per heavy atom. The molecule has 3 N–H and O–H groups in total. The van der Waals surface area contributed by atoms with Crippen molar-refractivity contribution < 1.29 is 18.3 Å². The van der Waals surface area contributed by atoms with Gasteiger partial charge < -0.3 is 15.8 Å². The highest BCUT2D eigenvalue weighted by molar-refractivity contribution is 5.85. The van der Waals surface area contributed by atoms with Crippen molar-refractivity contribution in [2.45, 2.75) is 32.6 Å². The molecule has 126 valence electrons. The van der Waals surface area contributed by atoms with Crippen LogP contribution in [0.4, 0.5) is 8.78 Å². The molecule has 1 aromatic carbocycles. The summed E-state index contributed by atoms with van der Waals surface area (Å²) in [6, 6.07) is 5.73. The number of aryl methyl sites for hydroxylation is 1. The number of carbonyl (C=O) groups is 1. The third-order valence-corrected chi connectivity index (χ3v) is 2.99. The van der Waals surface area contributed by atoms with Crippen LogP contribution in [0.5, 0.6) is 5.75 Å². The topological polar surface area (TPSA) is 64.3 Å². The lowest BCUT2D eigenvalue weighted by atomic mass is 10.0. The fourth-order valence-corrected chi connectivity index (χ4v) is 1.74. The van der Waals surface area contributed by atoms with Crippen molar-refractivity contribution in [3.63, 3.8) is 0 Å². The highest BCUT2D eigenvalue weighted by Crippen LogP contribution is 2.27. The Balaban J connectivity index is 0.00000441. The number of nitrogens with two attached hydrogens (primary N) is 1. The van der Waals surface area contributed by atoms with Crippen molar-refractivity contribution >= 4 is 18.3 Å². The van der Waals surface area contributed by atoms with Crippen LogP contribution < -0.4 is 15.8 Å². The Bertz CT molecular complexity index is 496. The molecule has 0 bridgehead atoms. The summed E-state index contributed by atoms with van der Waals surface area (Å²) in [6.07, 6.45) is 0. The molecule has 1 aromatic rings. The number of ether oxygens (including phenoxy) is 1. The van der Waals surface area contributed by atoms with Crippen molar-refractivity contribution in [1.29, 1.82) is 0 Å². The number of carbonyl (C=O) groups excluding carboxylic acids is 1. The van der Waals surface area contributed by atoms with E-state index in [4.69, 9.17) is 10.5 Å². The first-order valence-electron chi connectivity index (χ1n) is 6.83. The minimum atomic E-state index is -3.10. The summed E-state index contributed by atoms with van der Waals surface area (Å²) < 4.78 is 31.3. The van der Waals surface area contributed by atoms with E-state index in [9.17, 15) is 13.6 Å². The van der Waals surface area contributed by atoms with Gasteiger partial charge in [0.05, 0.1) is 13.1 Å². The van der Waals surface area contributed by atoms with E-state index in [0.29, 0.717) is 5.75 Å². The van der Waals surface area contributed by atoms with Crippen LogP contribution in [0.3, 0.4) is 0 Å². The molecule has 0 unspecified atom stereocenters. The van der Waals surface area contributed by atoms with Gasteiger partial charge in [-0.3, -0.25) is 4.79 Å². The van der Waals surface area contributed by atoms with E-state index in [1.54, 1.807) is 0 Å². The van der Waals surface area contributed by atoms with Gasteiger partial charge >= 0.3 is 0 Å². The molecule has 22 heavy (non-hydrogen) atoms. The van der Waals surface area contributed by atoms with Gasteiger partial charge in [-0.1, -0.05) is 26.0 Å². The Labute approximate surface area is 135 Å². The second-order valence-electron chi connectivity index (χ2n) is 5.32. The average Bonchev–Trinajstić information content (AvgIpc) is 2.42. The number of amides is 1. The van der Waals surface area contributed by atoms with Gasteiger partial charge in [-0.2, -0.15) is 0 Å². The monoisotopic (exact) mass is 336 g/mol. The minimum Gasteiger partial charge on any atom is -0.483 e. The molecule has 0 aliphatic rings. The summed E-state index contributed by atoms with van der Waals surface area (Å²) in [5, 5.41) is 2.11. The van der Waals surface area contributed by atoms with Crippen LogP contribution >= 0.6 is 12.4 Å². The number of hydrogen-bond acceptors (Lipinski definition) is 3. The van der Waals surface area contributed by atoms with Gasteiger partial charge in [0, 0.05) is 0 Å². The van der Waals surface area contributed by atoms with E-state index in [1.807, 2.05) is 39.0 Å². The summed E-state index contributed by atoms with van der Waals surface area (Å²) in [7, 11) is 0. The van der Waals surface area contributed by atoms with Crippen LogP contribution in [-0.4, -0.2) is 31.5 Å². The smallest absolute Gasteiger partial charge is 0.277 e. The maximum absolute atomic E-state index is 12.9. The molecule has 0 saturated carbocycles. The number of rotatable bonds is 7. The second kappa shape index (κ2) is 8.90. The van der Waals surface area contributed by atoms with E-state index >= 15 is 0 Å². The quantitative estimate of drug-likeness (QED) is 0.804. The maximum atomic E-state index is 12.9. The molecule has 0 aliphatic heterocycles. The minimum absolute atomic E-state index is 0. The van der Waals surface area contributed by atoms with Gasteiger partial charge in [-0.05, 0) is 30.0 Å². The molecule has 7 heteroatoms. The van der Waals surface area contributed by atoms with Crippen molar-refractivity contribution in [2.24, 2.45) is 5.73 Å². The Kier molecular flexibility index (Phi) is 8.34. The molecule has 0 saturated heterocycles. The Morgan fingerprint density at radius 3 is 2.59 bits per heavy atom. The first-order chi connectivity index (χ1) is 9.75. The zero-order chi connectivity index (χ0) is 16.0. The molecular formula is C15H23ClF2N2O2. The van der Waals surface area contributed by atoms with Gasteiger partial charge in [0.25, 0.3) is 11.8 Å². The Hall–Kier alpha value is -1.40. The molecule has 0 atom stereocenters. The zero-order valence-corrected chi connectivity index (χ0v) is 13.8. The number of alkyl halides is 2. The molecule has 1 rings (SSSR count). The van der Waals surface area contributed by atoms with Crippen molar-refractivity contribution in [3.05, 3.63) is 29.3 Å². The number of benzene rings is 1. The predicted octanol–water partition coefficient (Wildman–Crippen LogP) is 2.63. The lowest BCUT2D eigenvalue weighted by molar-refractivity contribution is -0.124. The average molecular weight is 337 g/mol. The van der Waals surface area contributed by atoms with Crippen molar-refractivity contribution in [2.75, 3.05) is 19.7 Å². The fourth-order valence-electron chi connectivity index (χ4n) is 1.74. The lowest BCUT2D eigenvalue weighted by Crippen LogP contribution is -2.43. The summed E-state index contributed by atoms with van der Waals surface area (Å²) in [5.74, 6) is -2.85. The van der Waals surface area contributed by atoms with Gasteiger partial charge in [0.15, 0.2) is 6.61 Å². The molecule has 0 fully saturated rings. The first kappa shape index (κ1) is 20.6. The van der Waals surface area contributed by atoms with Crippen LogP contribution in [0.1, 0.15) is 30.9 Å². The highest BCUT2D eigenvalue weighted by atomic mass is 35.5. The summed E-state index contributed by atoms with van der Waals surface area (Å²) >= 11 is 0. The fraction of sp³-hybridized carbons (Fsp3) is 0.533. The van der Waals surface area contributed by atoms with Crippen LogP contribution in [0.15, 0.2) is 18.2 Å². The zero-order valence-electron chi connectivity index (χ0n) is 13.0. The molecule has 0 aliphatic carbocycles. The molecular weight excluding hydrogens is 314 g/mol. The van der Waals surface area contributed by atoms with E-state index in [1.165, 1.54) is 0 Å². The van der Waals surface area contributed by atoms with Crippen LogP contribution in [0, 0.1) is 6.92 Å². The standard InChI is InChI=1S/C15H22F2N2O2.ClH/c1-10(2)12-5-4-11(3)6-13(12)21-7-14(20)19-9-15(16,17)8-18;/h4-6,10H,7-9,18H2,1-3H3,(H,19,20);1H. The van der Waals surface area contributed by atoms with Crippen LogP contribution in [0.25, 0.3) is 0 Å². The second-order valence-corrected chi connectivity index (χ2v) is 5.32. The number of nitrogens with one attached hydrogen (secondary N) is 1. The normalized spacial score (nSPS) is 11.0. The largest absolute Gasteiger partial charge is 0.483 e. The molecule has 0 spiro atoms. The number of hydrogen-bond donors (Lipinski definition) is 2. The molecule has 1 amide bonds. The van der Waals surface area contributed by atoms with Crippen molar-refractivity contribution in [3.8, 4) is 5.75 Å². The summed E-state index contributed by atoms with van der Waals surface area (Å²) in [6.45, 7) is 4.06. The predicted molar refractivity (Wildman–Crippen MR) is 85.0 cm³/mol. The molecule has 0 heterocycles. The van der Waals surface area contributed by atoms with Crippen molar-refractivity contribution in [1.82, 2.24) is 5.32 Å². The summed E-state index contributed by atoms with van der Waals surface area (Å²) in [4.78, 5) is 11.5. The molecule has 0 radical (unpaired) electrons. The first-order valence-corrected chi connectivity index (χ1v) is 6.83. The molecule has 4 nitrogen and oxygen atoms in total. The third-order valence-electron chi connectivity index (χ3n) is 2.99. The lowest BCUT2D eigenvalue weighted by Gasteiger charge is -2.16.